The molecular formula is C22H20O4. The van der Waals surface area contributed by atoms with Gasteiger partial charge >= 0.3 is 0 Å². The van der Waals surface area contributed by atoms with E-state index in [0.717, 1.165) is 22.4 Å². The Morgan fingerprint density at radius 2 is 1.50 bits per heavy atom. The lowest BCUT2D eigenvalue weighted by molar-refractivity contribution is 0.247. The second kappa shape index (κ2) is 6.64. The molecule has 4 rings (SSSR count). The predicted molar refractivity (Wildman–Crippen MR) is 99.3 cm³/mol. The lowest BCUT2D eigenvalue weighted by Crippen LogP contribution is -2.25. The van der Waals surface area contributed by atoms with Crippen LogP contribution >= 0.6 is 0 Å². The first-order chi connectivity index (χ1) is 12.7. The third-order valence-electron chi connectivity index (χ3n) is 4.95. The number of phenols is 2. The van der Waals surface area contributed by atoms with Crippen molar-refractivity contribution >= 4 is 0 Å². The summed E-state index contributed by atoms with van der Waals surface area (Å²) in [5, 5.41) is 19.4. The zero-order valence-corrected chi connectivity index (χ0v) is 14.4. The highest BCUT2D eigenvalue weighted by molar-refractivity contribution is 5.51. The Labute approximate surface area is 152 Å². The second-order valence-electron chi connectivity index (χ2n) is 6.48. The van der Waals surface area contributed by atoms with Gasteiger partial charge in [-0.1, -0.05) is 30.3 Å². The Hall–Kier alpha value is -3.14. The summed E-state index contributed by atoms with van der Waals surface area (Å²) in [5.41, 5.74) is 3.29. The highest BCUT2D eigenvalue weighted by Crippen LogP contribution is 2.47. The van der Waals surface area contributed by atoms with E-state index in [0.29, 0.717) is 12.4 Å². The third-order valence-corrected chi connectivity index (χ3v) is 4.95. The monoisotopic (exact) mass is 348 g/mol. The minimum absolute atomic E-state index is 0.0785. The van der Waals surface area contributed by atoms with Gasteiger partial charge in [-0.05, 0) is 41.5 Å². The molecule has 1 aliphatic rings. The lowest BCUT2D eigenvalue weighted by atomic mass is 9.76. The molecule has 2 N–H and O–H groups in total. The number of hydrogen-bond acceptors (Lipinski definition) is 4. The molecule has 0 radical (unpaired) electrons. The molecule has 0 unspecified atom stereocenters. The minimum atomic E-state index is 0.0785. The van der Waals surface area contributed by atoms with Gasteiger partial charge in [0.15, 0.2) is 0 Å². The number of methoxy groups -OCH3 is 1. The van der Waals surface area contributed by atoms with E-state index in [2.05, 4.69) is 12.1 Å². The lowest BCUT2D eigenvalue weighted by Gasteiger charge is -2.34. The number of fused-ring (bicyclic) bond motifs is 1. The van der Waals surface area contributed by atoms with Gasteiger partial charge in [-0.3, -0.25) is 0 Å². The summed E-state index contributed by atoms with van der Waals surface area (Å²) < 4.78 is 11.2. The summed E-state index contributed by atoms with van der Waals surface area (Å²) in [4.78, 5) is 0. The molecule has 4 heteroatoms. The summed E-state index contributed by atoms with van der Waals surface area (Å²) in [6.07, 6.45) is 0. The van der Waals surface area contributed by atoms with Crippen molar-refractivity contribution in [2.24, 2.45) is 0 Å². The van der Waals surface area contributed by atoms with E-state index >= 15 is 0 Å². The third kappa shape index (κ3) is 2.94. The molecule has 0 aliphatic carbocycles. The summed E-state index contributed by atoms with van der Waals surface area (Å²) in [7, 11) is 1.65. The number of benzene rings is 3. The van der Waals surface area contributed by atoms with Crippen molar-refractivity contribution < 1.29 is 19.7 Å². The van der Waals surface area contributed by atoms with Gasteiger partial charge in [-0.15, -0.1) is 0 Å². The van der Waals surface area contributed by atoms with Gasteiger partial charge in [-0.25, -0.2) is 0 Å². The Balaban J connectivity index is 1.82. The molecule has 1 aliphatic heterocycles. The highest BCUT2D eigenvalue weighted by atomic mass is 16.5. The molecule has 4 nitrogen and oxygen atoms in total. The van der Waals surface area contributed by atoms with Gasteiger partial charge in [-0.2, -0.15) is 0 Å². The topological polar surface area (TPSA) is 58.9 Å². The van der Waals surface area contributed by atoms with Crippen LogP contribution in [0.3, 0.4) is 0 Å². The molecule has 0 spiro atoms. The van der Waals surface area contributed by atoms with Gasteiger partial charge in [0, 0.05) is 23.5 Å². The van der Waals surface area contributed by atoms with Crippen LogP contribution in [0.25, 0.3) is 0 Å². The standard InChI is InChI=1S/C22H20O4/c1-25-18-9-4-15(5-10-18)22-19-11-8-17(24)12-21(19)26-13-20(22)14-2-6-16(23)7-3-14/h2-12,20,22-24H,13H2,1H3/t20-,22-/m0/s1. The van der Waals surface area contributed by atoms with E-state index in [-0.39, 0.29) is 23.3 Å². The van der Waals surface area contributed by atoms with Crippen molar-refractivity contribution in [2.75, 3.05) is 13.7 Å². The Morgan fingerprint density at radius 3 is 2.19 bits per heavy atom. The molecule has 26 heavy (non-hydrogen) atoms. The molecule has 0 saturated carbocycles. The molecule has 3 aromatic rings. The number of ether oxygens (including phenoxy) is 2. The van der Waals surface area contributed by atoms with Crippen LogP contribution < -0.4 is 9.47 Å². The maximum absolute atomic E-state index is 9.80. The van der Waals surface area contributed by atoms with Gasteiger partial charge in [0.25, 0.3) is 0 Å². The van der Waals surface area contributed by atoms with E-state index in [1.165, 1.54) is 0 Å². The van der Waals surface area contributed by atoms with Crippen molar-refractivity contribution in [3.05, 3.63) is 83.4 Å². The van der Waals surface area contributed by atoms with E-state index < -0.39 is 0 Å². The van der Waals surface area contributed by atoms with Gasteiger partial charge in [0.1, 0.15) is 23.0 Å². The molecule has 132 valence electrons. The molecule has 0 bridgehead atoms. The van der Waals surface area contributed by atoms with Crippen LogP contribution in [-0.2, 0) is 0 Å². The van der Waals surface area contributed by atoms with Gasteiger partial charge < -0.3 is 19.7 Å². The first-order valence-corrected chi connectivity index (χ1v) is 8.54. The molecule has 1 heterocycles. The molecule has 0 aromatic heterocycles. The summed E-state index contributed by atoms with van der Waals surface area (Å²) in [6.45, 7) is 0.498. The number of rotatable bonds is 3. The minimum Gasteiger partial charge on any atom is -0.508 e. The zero-order valence-electron chi connectivity index (χ0n) is 14.4. The first-order valence-electron chi connectivity index (χ1n) is 8.54. The van der Waals surface area contributed by atoms with Crippen molar-refractivity contribution in [1.82, 2.24) is 0 Å². The predicted octanol–water partition coefficient (Wildman–Crippen LogP) is 4.41. The summed E-state index contributed by atoms with van der Waals surface area (Å²) >= 11 is 0. The average molecular weight is 348 g/mol. The van der Waals surface area contributed by atoms with Crippen molar-refractivity contribution in [1.29, 1.82) is 0 Å². The van der Waals surface area contributed by atoms with Crippen molar-refractivity contribution in [3.8, 4) is 23.0 Å². The Morgan fingerprint density at radius 1 is 0.846 bits per heavy atom. The fourth-order valence-corrected chi connectivity index (χ4v) is 3.63. The van der Waals surface area contributed by atoms with E-state index in [4.69, 9.17) is 9.47 Å². The molecular weight excluding hydrogens is 328 g/mol. The molecule has 3 aromatic carbocycles. The zero-order chi connectivity index (χ0) is 18.1. The van der Waals surface area contributed by atoms with Gasteiger partial charge in [0.2, 0.25) is 0 Å². The Kier molecular flexibility index (Phi) is 4.17. The van der Waals surface area contributed by atoms with E-state index in [1.807, 2.05) is 30.3 Å². The first kappa shape index (κ1) is 16.3. The van der Waals surface area contributed by atoms with E-state index in [9.17, 15) is 10.2 Å². The summed E-state index contributed by atoms with van der Waals surface area (Å²) in [6, 6.07) is 20.6. The smallest absolute Gasteiger partial charge is 0.126 e. The van der Waals surface area contributed by atoms with Crippen LogP contribution in [0.2, 0.25) is 0 Å². The number of aromatic hydroxyl groups is 2. The van der Waals surface area contributed by atoms with Crippen molar-refractivity contribution in [3.63, 3.8) is 0 Å². The molecule has 0 fully saturated rings. The maximum Gasteiger partial charge on any atom is 0.126 e. The molecule has 2 atom stereocenters. The van der Waals surface area contributed by atoms with E-state index in [1.54, 1.807) is 31.4 Å². The van der Waals surface area contributed by atoms with Crippen LogP contribution in [0.5, 0.6) is 23.0 Å². The SMILES string of the molecule is COc1ccc([C@H]2c3ccc(O)cc3OC[C@H]2c2ccc(O)cc2)cc1. The fourth-order valence-electron chi connectivity index (χ4n) is 3.63. The second-order valence-corrected chi connectivity index (χ2v) is 6.48. The van der Waals surface area contributed by atoms with Crippen LogP contribution in [0.15, 0.2) is 66.7 Å². The molecule has 0 saturated heterocycles. The van der Waals surface area contributed by atoms with Crippen LogP contribution in [-0.4, -0.2) is 23.9 Å². The summed E-state index contributed by atoms with van der Waals surface area (Å²) in [5.74, 6) is 2.14. The maximum atomic E-state index is 9.80. The van der Waals surface area contributed by atoms with Crippen molar-refractivity contribution in [2.45, 2.75) is 11.8 Å². The van der Waals surface area contributed by atoms with Crippen LogP contribution in [0, 0.1) is 0 Å². The van der Waals surface area contributed by atoms with Gasteiger partial charge in [0.05, 0.1) is 13.7 Å². The fraction of sp³-hybridized carbons (Fsp3) is 0.182. The van der Waals surface area contributed by atoms with Crippen LogP contribution in [0.1, 0.15) is 28.5 Å². The van der Waals surface area contributed by atoms with Crippen LogP contribution in [0.4, 0.5) is 0 Å². The average Bonchev–Trinajstić information content (AvgIpc) is 2.68. The molecule has 0 amide bonds. The highest BCUT2D eigenvalue weighted by Gasteiger charge is 2.33. The largest absolute Gasteiger partial charge is 0.508 e. The number of hydrogen-bond donors (Lipinski definition) is 2. The quantitative estimate of drug-likeness (QED) is 0.736. The normalized spacial score (nSPS) is 18.7. The number of phenolic OH excluding ortho intramolecular Hbond substituents is 2. The Bertz CT molecular complexity index is 900.